The van der Waals surface area contributed by atoms with Crippen molar-refractivity contribution in [1.29, 1.82) is 0 Å². The van der Waals surface area contributed by atoms with E-state index in [4.69, 9.17) is 27.9 Å². The number of hydrogen-bond acceptors (Lipinski definition) is 5. The molecule has 1 atom stereocenters. The zero-order valence-corrected chi connectivity index (χ0v) is 25.3. The Morgan fingerprint density at radius 1 is 0.976 bits per heavy atom. The van der Waals surface area contributed by atoms with Gasteiger partial charge < -0.3 is 15.0 Å². The molecule has 3 aromatic rings. The molecule has 1 aliphatic rings. The second kappa shape index (κ2) is 13.6. The second-order valence-electron chi connectivity index (χ2n) is 9.99. The Balaban J connectivity index is 1.69. The maximum Gasteiger partial charge on any atom is 0.264 e. The fourth-order valence-corrected chi connectivity index (χ4v) is 6.77. The number of halogens is 2. The normalized spacial score (nSPS) is 14.3. The first-order valence-corrected chi connectivity index (χ1v) is 15.5. The number of nitrogens with zero attached hydrogens (tertiary/aromatic N) is 2. The summed E-state index contributed by atoms with van der Waals surface area (Å²) >= 11 is 12.5. The minimum absolute atomic E-state index is 0.00220. The van der Waals surface area contributed by atoms with Crippen molar-refractivity contribution in [2.45, 2.75) is 56.1 Å². The largest absolute Gasteiger partial charge is 0.497 e. The molecular weight excluding hydrogens is 585 g/mol. The zero-order chi connectivity index (χ0) is 29.6. The molecular formula is C30H33Cl2N3O5S. The van der Waals surface area contributed by atoms with Crippen molar-refractivity contribution in [1.82, 2.24) is 10.2 Å². The van der Waals surface area contributed by atoms with Gasteiger partial charge in [0.2, 0.25) is 11.8 Å². The number of methoxy groups -OCH3 is 1. The lowest BCUT2D eigenvalue weighted by Crippen LogP contribution is -2.52. The Morgan fingerprint density at radius 2 is 1.59 bits per heavy atom. The molecule has 0 unspecified atom stereocenters. The lowest BCUT2D eigenvalue weighted by atomic mass is 10.1. The van der Waals surface area contributed by atoms with Crippen LogP contribution in [-0.4, -0.2) is 50.9 Å². The number of rotatable bonds is 11. The summed E-state index contributed by atoms with van der Waals surface area (Å²) in [4.78, 5) is 28.7. The molecule has 0 aliphatic heterocycles. The molecule has 1 N–H and O–H groups in total. The second-order valence-corrected chi connectivity index (χ2v) is 12.7. The molecule has 218 valence electrons. The SMILES string of the molecule is COc1ccc(CN(C(=O)CN(c2cc(Cl)cc(Cl)c2)S(=O)(=O)c2ccccc2)[C@H](C)C(=O)NC2CCCC2)cc1. The standard InChI is InChI=1S/C30H33Cl2N3O5S/c1-21(30(37)33-25-8-6-7-9-25)34(19-22-12-14-27(40-2)15-13-22)29(36)20-35(26-17-23(31)16-24(32)18-26)41(38,39)28-10-4-3-5-11-28/h3-5,10-18,21,25H,6-9,19-20H2,1-2H3,(H,33,37)/t21-/m1/s1. The Bertz CT molecular complexity index is 1440. The predicted octanol–water partition coefficient (Wildman–Crippen LogP) is 5.67. The van der Waals surface area contributed by atoms with Crippen molar-refractivity contribution in [3.8, 4) is 5.75 Å². The third kappa shape index (κ3) is 7.72. The van der Waals surface area contributed by atoms with Crippen LogP contribution < -0.4 is 14.4 Å². The Kier molecular flexibility index (Phi) is 10.2. The molecule has 1 fully saturated rings. The van der Waals surface area contributed by atoms with Gasteiger partial charge in [0.25, 0.3) is 10.0 Å². The van der Waals surface area contributed by atoms with Gasteiger partial charge in [-0.15, -0.1) is 0 Å². The van der Waals surface area contributed by atoms with Gasteiger partial charge in [0, 0.05) is 22.6 Å². The van der Waals surface area contributed by atoms with Gasteiger partial charge in [-0.05, 0) is 67.8 Å². The fourth-order valence-electron chi connectivity index (χ4n) is 4.83. The van der Waals surface area contributed by atoms with Gasteiger partial charge in [-0.2, -0.15) is 0 Å². The summed E-state index contributed by atoms with van der Waals surface area (Å²) in [6, 6.07) is 18.5. The van der Waals surface area contributed by atoms with Gasteiger partial charge >= 0.3 is 0 Å². The number of sulfonamides is 1. The van der Waals surface area contributed by atoms with E-state index in [0.29, 0.717) is 5.75 Å². The quantitative estimate of drug-likeness (QED) is 0.299. The van der Waals surface area contributed by atoms with E-state index in [-0.39, 0.29) is 39.1 Å². The first kappa shape index (κ1) is 30.7. The van der Waals surface area contributed by atoms with Crippen LogP contribution in [0.4, 0.5) is 5.69 Å². The summed E-state index contributed by atoms with van der Waals surface area (Å²) in [6.45, 7) is 1.15. The molecule has 1 saturated carbocycles. The molecule has 4 rings (SSSR count). The van der Waals surface area contributed by atoms with Crippen LogP contribution >= 0.6 is 23.2 Å². The zero-order valence-electron chi connectivity index (χ0n) is 22.9. The van der Waals surface area contributed by atoms with Crippen LogP contribution in [0.2, 0.25) is 10.0 Å². The van der Waals surface area contributed by atoms with E-state index in [1.807, 2.05) is 0 Å². The van der Waals surface area contributed by atoms with Crippen molar-refractivity contribution in [2.24, 2.45) is 0 Å². The van der Waals surface area contributed by atoms with Crippen molar-refractivity contribution < 1.29 is 22.7 Å². The molecule has 11 heteroatoms. The van der Waals surface area contributed by atoms with Gasteiger partial charge in [0.15, 0.2) is 0 Å². The van der Waals surface area contributed by atoms with Gasteiger partial charge in [-0.25, -0.2) is 8.42 Å². The Labute approximate surface area is 251 Å². The van der Waals surface area contributed by atoms with Crippen LogP contribution in [0, 0.1) is 0 Å². The van der Waals surface area contributed by atoms with Crippen LogP contribution in [0.25, 0.3) is 0 Å². The third-order valence-electron chi connectivity index (χ3n) is 7.13. The number of carbonyl (C=O) groups excluding carboxylic acids is 2. The molecule has 0 saturated heterocycles. The predicted molar refractivity (Wildman–Crippen MR) is 161 cm³/mol. The number of ether oxygens (including phenoxy) is 1. The van der Waals surface area contributed by atoms with Gasteiger partial charge in [-0.3, -0.25) is 13.9 Å². The summed E-state index contributed by atoms with van der Waals surface area (Å²) in [6.07, 6.45) is 3.87. The lowest BCUT2D eigenvalue weighted by molar-refractivity contribution is -0.139. The summed E-state index contributed by atoms with van der Waals surface area (Å²) in [5, 5.41) is 3.49. The number of hydrogen-bond donors (Lipinski definition) is 1. The maximum atomic E-state index is 14.0. The number of anilines is 1. The number of amides is 2. The topological polar surface area (TPSA) is 96.0 Å². The highest BCUT2D eigenvalue weighted by molar-refractivity contribution is 7.92. The summed E-state index contributed by atoms with van der Waals surface area (Å²) in [7, 11) is -2.65. The molecule has 8 nitrogen and oxygen atoms in total. The molecule has 3 aromatic carbocycles. The first-order valence-electron chi connectivity index (χ1n) is 13.3. The third-order valence-corrected chi connectivity index (χ3v) is 9.35. The molecule has 1 aliphatic carbocycles. The highest BCUT2D eigenvalue weighted by Gasteiger charge is 2.33. The van der Waals surface area contributed by atoms with Crippen LogP contribution in [0.1, 0.15) is 38.2 Å². The highest BCUT2D eigenvalue weighted by Crippen LogP contribution is 2.30. The van der Waals surface area contributed by atoms with Crippen molar-refractivity contribution in [2.75, 3.05) is 18.0 Å². The van der Waals surface area contributed by atoms with Crippen LogP contribution in [-0.2, 0) is 26.2 Å². The fraction of sp³-hybridized carbons (Fsp3) is 0.333. The number of nitrogens with one attached hydrogen (secondary N) is 1. The maximum absolute atomic E-state index is 14.0. The average molecular weight is 619 g/mol. The number of benzene rings is 3. The van der Waals surface area contributed by atoms with E-state index in [0.717, 1.165) is 35.6 Å². The van der Waals surface area contributed by atoms with E-state index in [1.54, 1.807) is 56.5 Å². The smallest absolute Gasteiger partial charge is 0.264 e. The highest BCUT2D eigenvalue weighted by atomic mass is 35.5. The minimum atomic E-state index is -4.21. The molecule has 0 radical (unpaired) electrons. The van der Waals surface area contributed by atoms with Gasteiger partial charge in [-0.1, -0.05) is 66.4 Å². The summed E-state index contributed by atoms with van der Waals surface area (Å²) in [5.41, 5.74) is 0.884. The average Bonchev–Trinajstić information content (AvgIpc) is 3.47. The number of carbonyl (C=O) groups is 2. The van der Waals surface area contributed by atoms with Crippen molar-refractivity contribution in [3.63, 3.8) is 0 Å². The monoisotopic (exact) mass is 617 g/mol. The van der Waals surface area contributed by atoms with E-state index < -0.39 is 28.5 Å². The Hall–Kier alpha value is -3.27. The molecule has 0 aromatic heterocycles. The van der Waals surface area contributed by atoms with Crippen LogP contribution in [0.15, 0.2) is 77.7 Å². The van der Waals surface area contributed by atoms with E-state index in [1.165, 1.54) is 35.2 Å². The van der Waals surface area contributed by atoms with Crippen LogP contribution in [0.5, 0.6) is 5.75 Å². The first-order chi connectivity index (χ1) is 19.6. The minimum Gasteiger partial charge on any atom is -0.497 e. The van der Waals surface area contributed by atoms with E-state index in [2.05, 4.69) is 5.32 Å². The summed E-state index contributed by atoms with van der Waals surface area (Å²) < 4.78 is 33.9. The molecule has 0 bridgehead atoms. The molecule has 0 spiro atoms. The van der Waals surface area contributed by atoms with Crippen LogP contribution in [0.3, 0.4) is 0 Å². The van der Waals surface area contributed by atoms with Gasteiger partial charge in [0.05, 0.1) is 17.7 Å². The molecule has 0 heterocycles. The van der Waals surface area contributed by atoms with Crippen molar-refractivity contribution in [3.05, 3.63) is 88.4 Å². The summed E-state index contributed by atoms with van der Waals surface area (Å²) in [5.74, 6) is -0.205. The van der Waals surface area contributed by atoms with Crippen molar-refractivity contribution >= 4 is 50.7 Å². The lowest BCUT2D eigenvalue weighted by Gasteiger charge is -2.32. The van der Waals surface area contributed by atoms with E-state index >= 15 is 0 Å². The Morgan fingerprint density at radius 3 is 2.17 bits per heavy atom. The van der Waals surface area contributed by atoms with Gasteiger partial charge in [0.1, 0.15) is 18.3 Å². The molecule has 2 amide bonds. The molecule has 41 heavy (non-hydrogen) atoms. The van der Waals surface area contributed by atoms with E-state index in [9.17, 15) is 18.0 Å².